The second kappa shape index (κ2) is 5.06. The van der Waals surface area contributed by atoms with Gasteiger partial charge in [-0.05, 0) is 18.1 Å². The fourth-order valence-corrected chi connectivity index (χ4v) is 2.02. The molecule has 0 unspecified atom stereocenters. The average Bonchev–Trinajstić information content (AvgIpc) is 2.29. The highest BCUT2D eigenvalue weighted by Crippen LogP contribution is 2.29. The van der Waals surface area contributed by atoms with Gasteiger partial charge in [-0.1, -0.05) is 18.2 Å². The fourth-order valence-electron chi connectivity index (χ4n) is 2.02. The summed E-state index contributed by atoms with van der Waals surface area (Å²) in [5, 5.41) is 6.50. The van der Waals surface area contributed by atoms with Crippen molar-refractivity contribution in [1.29, 1.82) is 0 Å². The van der Waals surface area contributed by atoms with Crippen LogP contribution in [0.1, 0.15) is 11.1 Å². The molecule has 1 fully saturated rings. The normalized spacial score (nSPS) is 21.5. The van der Waals surface area contributed by atoms with Crippen molar-refractivity contribution >= 4 is 0 Å². The molecule has 94 valence electrons. The first kappa shape index (κ1) is 12.4. The van der Waals surface area contributed by atoms with Gasteiger partial charge in [-0.25, -0.2) is 0 Å². The maximum absolute atomic E-state index is 12.5. The van der Waals surface area contributed by atoms with Gasteiger partial charge < -0.3 is 10.6 Å². The molecule has 1 aliphatic heterocycles. The number of hydrogen-bond acceptors (Lipinski definition) is 2. The molecule has 1 aliphatic rings. The highest BCUT2D eigenvalue weighted by Gasteiger charge is 2.30. The molecule has 0 amide bonds. The van der Waals surface area contributed by atoms with Crippen molar-refractivity contribution in [2.24, 2.45) is 0 Å². The molecule has 5 heteroatoms. The van der Waals surface area contributed by atoms with Crippen LogP contribution in [0.5, 0.6) is 0 Å². The summed E-state index contributed by atoms with van der Waals surface area (Å²) in [5.41, 5.74) is 0.153. The molecule has 0 aromatic heterocycles. The molecule has 0 radical (unpaired) electrons. The lowest BCUT2D eigenvalue weighted by atomic mass is 10.0. The monoisotopic (exact) mass is 244 g/mol. The smallest absolute Gasteiger partial charge is 0.314 e. The Kier molecular flexibility index (Phi) is 3.69. The van der Waals surface area contributed by atoms with E-state index in [1.165, 1.54) is 12.1 Å². The van der Waals surface area contributed by atoms with Gasteiger partial charge in [0.05, 0.1) is 5.56 Å². The van der Waals surface area contributed by atoms with E-state index in [9.17, 15) is 13.2 Å². The SMILES string of the molecule is FC(F)(F)c1cccc(C[C@@H]2CNCCN2)c1. The highest BCUT2D eigenvalue weighted by atomic mass is 19.4. The summed E-state index contributed by atoms with van der Waals surface area (Å²) < 4.78 is 37.6. The molecule has 2 N–H and O–H groups in total. The van der Waals surface area contributed by atoms with Crippen molar-refractivity contribution < 1.29 is 13.2 Å². The van der Waals surface area contributed by atoms with E-state index in [2.05, 4.69) is 10.6 Å². The lowest BCUT2D eigenvalue weighted by Gasteiger charge is -2.24. The Hall–Kier alpha value is -1.07. The Balaban J connectivity index is 2.05. The van der Waals surface area contributed by atoms with Gasteiger partial charge in [0, 0.05) is 25.7 Å². The summed E-state index contributed by atoms with van der Waals surface area (Å²) in [6.45, 7) is 2.58. The van der Waals surface area contributed by atoms with E-state index in [1.54, 1.807) is 6.07 Å². The van der Waals surface area contributed by atoms with Gasteiger partial charge in [0.25, 0.3) is 0 Å². The minimum Gasteiger partial charge on any atom is -0.314 e. The Morgan fingerprint density at radius 1 is 1.24 bits per heavy atom. The lowest BCUT2D eigenvalue weighted by Crippen LogP contribution is -2.49. The van der Waals surface area contributed by atoms with Gasteiger partial charge in [0.2, 0.25) is 0 Å². The number of rotatable bonds is 2. The first-order valence-corrected chi connectivity index (χ1v) is 5.66. The molecule has 17 heavy (non-hydrogen) atoms. The molecule has 1 saturated heterocycles. The van der Waals surface area contributed by atoms with Crippen LogP contribution in [-0.2, 0) is 12.6 Å². The second-order valence-electron chi connectivity index (χ2n) is 4.26. The van der Waals surface area contributed by atoms with Crippen LogP contribution in [0.15, 0.2) is 24.3 Å². The molecule has 0 saturated carbocycles. The van der Waals surface area contributed by atoms with E-state index < -0.39 is 11.7 Å². The Morgan fingerprint density at radius 3 is 2.71 bits per heavy atom. The predicted octanol–water partition coefficient (Wildman–Crippen LogP) is 1.81. The zero-order valence-corrected chi connectivity index (χ0v) is 9.35. The van der Waals surface area contributed by atoms with Crippen molar-refractivity contribution in [3.8, 4) is 0 Å². The summed E-state index contributed by atoms with van der Waals surface area (Å²) in [4.78, 5) is 0. The predicted molar refractivity (Wildman–Crippen MR) is 59.8 cm³/mol. The largest absolute Gasteiger partial charge is 0.416 e. The van der Waals surface area contributed by atoms with Crippen LogP contribution >= 0.6 is 0 Å². The van der Waals surface area contributed by atoms with Crippen molar-refractivity contribution in [3.63, 3.8) is 0 Å². The molecule has 1 atom stereocenters. The van der Waals surface area contributed by atoms with Crippen molar-refractivity contribution in [3.05, 3.63) is 35.4 Å². The number of benzene rings is 1. The van der Waals surface area contributed by atoms with Gasteiger partial charge in [0.15, 0.2) is 0 Å². The Labute approximate surface area is 98.2 Å². The van der Waals surface area contributed by atoms with Crippen molar-refractivity contribution in [2.75, 3.05) is 19.6 Å². The van der Waals surface area contributed by atoms with Gasteiger partial charge in [-0.2, -0.15) is 13.2 Å². The minimum absolute atomic E-state index is 0.215. The summed E-state index contributed by atoms with van der Waals surface area (Å²) in [5.74, 6) is 0. The van der Waals surface area contributed by atoms with Gasteiger partial charge >= 0.3 is 6.18 Å². The van der Waals surface area contributed by atoms with Crippen LogP contribution in [0, 0.1) is 0 Å². The number of halogens is 3. The summed E-state index contributed by atoms with van der Waals surface area (Å²) >= 11 is 0. The Bertz CT molecular complexity index is 370. The molecule has 0 spiro atoms. The quantitative estimate of drug-likeness (QED) is 0.829. The minimum atomic E-state index is -4.26. The first-order valence-electron chi connectivity index (χ1n) is 5.66. The number of nitrogens with one attached hydrogen (secondary N) is 2. The molecular formula is C12H15F3N2. The zero-order valence-electron chi connectivity index (χ0n) is 9.35. The maximum atomic E-state index is 12.5. The van der Waals surface area contributed by atoms with Crippen molar-refractivity contribution in [2.45, 2.75) is 18.6 Å². The summed E-state index contributed by atoms with van der Waals surface area (Å²) in [7, 11) is 0. The van der Waals surface area contributed by atoms with Crippen LogP contribution < -0.4 is 10.6 Å². The second-order valence-corrected chi connectivity index (χ2v) is 4.26. The number of alkyl halides is 3. The molecule has 1 heterocycles. The molecule has 0 bridgehead atoms. The van der Waals surface area contributed by atoms with Gasteiger partial charge in [-0.15, -0.1) is 0 Å². The molecular weight excluding hydrogens is 229 g/mol. The van der Waals surface area contributed by atoms with E-state index >= 15 is 0 Å². The third-order valence-corrected chi connectivity index (χ3v) is 2.86. The standard InChI is InChI=1S/C12H15F3N2/c13-12(14,15)10-3-1-2-9(6-10)7-11-8-16-4-5-17-11/h1-3,6,11,16-17H,4-5,7-8H2/t11-/m1/s1. The average molecular weight is 244 g/mol. The molecule has 2 rings (SSSR count). The Morgan fingerprint density at radius 2 is 2.06 bits per heavy atom. The van der Waals surface area contributed by atoms with E-state index in [4.69, 9.17) is 0 Å². The number of hydrogen-bond donors (Lipinski definition) is 2. The van der Waals surface area contributed by atoms with Crippen LogP contribution in [0.4, 0.5) is 13.2 Å². The summed E-state index contributed by atoms with van der Waals surface area (Å²) in [6.07, 6.45) is -3.63. The van der Waals surface area contributed by atoms with Gasteiger partial charge in [-0.3, -0.25) is 0 Å². The topological polar surface area (TPSA) is 24.1 Å². The van der Waals surface area contributed by atoms with Crippen LogP contribution in [0.25, 0.3) is 0 Å². The van der Waals surface area contributed by atoms with Crippen molar-refractivity contribution in [1.82, 2.24) is 10.6 Å². The summed E-state index contributed by atoms with van der Waals surface area (Å²) in [6, 6.07) is 5.76. The van der Waals surface area contributed by atoms with Gasteiger partial charge in [0.1, 0.15) is 0 Å². The van der Waals surface area contributed by atoms with E-state index in [-0.39, 0.29) is 6.04 Å². The number of piperazine rings is 1. The van der Waals surface area contributed by atoms with E-state index in [1.807, 2.05) is 0 Å². The van der Waals surface area contributed by atoms with E-state index in [0.717, 1.165) is 31.3 Å². The zero-order chi connectivity index (χ0) is 12.3. The third kappa shape index (κ3) is 3.44. The van der Waals surface area contributed by atoms with Crippen LogP contribution in [0.2, 0.25) is 0 Å². The third-order valence-electron chi connectivity index (χ3n) is 2.86. The maximum Gasteiger partial charge on any atom is 0.416 e. The molecule has 1 aromatic carbocycles. The highest BCUT2D eigenvalue weighted by molar-refractivity contribution is 5.26. The first-order chi connectivity index (χ1) is 8.05. The molecule has 2 nitrogen and oxygen atoms in total. The lowest BCUT2D eigenvalue weighted by molar-refractivity contribution is -0.137. The van der Waals surface area contributed by atoms with Crippen LogP contribution in [-0.4, -0.2) is 25.7 Å². The van der Waals surface area contributed by atoms with E-state index in [0.29, 0.717) is 6.42 Å². The molecule has 0 aliphatic carbocycles. The molecule has 1 aromatic rings. The fraction of sp³-hybridized carbons (Fsp3) is 0.500. The van der Waals surface area contributed by atoms with Crippen LogP contribution in [0.3, 0.4) is 0 Å².